The average Bonchev–Trinajstić information content (AvgIpc) is 2.78. The molecule has 0 spiro atoms. The first kappa shape index (κ1) is 16.0. The van der Waals surface area contributed by atoms with E-state index in [1.165, 1.54) is 12.3 Å². The van der Waals surface area contributed by atoms with Gasteiger partial charge < -0.3 is 4.74 Å². The first-order chi connectivity index (χ1) is 11.5. The van der Waals surface area contributed by atoms with Crippen molar-refractivity contribution >= 4 is 17.9 Å². The van der Waals surface area contributed by atoms with Gasteiger partial charge in [0.05, 0.1) is 13.2 Å². The summed E-state index contributed by atoms with van der Waals surface area (Å²) in [6.45, 7) is 3.67. The van der Waals surface area contributed by atoms with Crippen molar-refractivity contribution in [1.82, 2.24) is 9.80 Å². The number of rotatable bonds is 4. The number of ether oxygens (including phenoxy) is 1. The third-order valence-corrected chi connectivity index (χ3v) is 4.08. The molecule has 6 nitrogen and oxygen atoms in total. The van der Waals surface area contributed by atoms with Gasteiger partial charge in [0, 0.05) is 6.20 Å². The van der Waals surface area contributed by atoms with Crippen molar-refractivity contribution in [3.8, 4) is 0 Å². The second-order valence-corrected chi connectivity index (χ2v) is 5.72. The van der Waals surface area contributed by atoms with E-state index in [4.69, 9.17) is 4.74 Å². The molecule has 3 amide bonds. The Balaban J connectivity index is 2.02. The molecule has 0 saturated carbocycles. The maximum absolute atomic E-state index is 13.0. The van der Waals surface area contributed by atoms with Crippen LogP contribution in [0.3, 0.4) is 0 Å². The number of allylic oxidation sites excluding steroid dienone is 2. The number of carbonyl (C=O) groups is 3. The Kier molecular flexibility index (Phi) is 3.97. The number of hydrogen-bond acceptors (Lipinski definition) is 4. The number of nitrogens with zero attached hydrogens (tertiary/aromatic N) is 2. The third kappa shape index (κ3) is 2.31. The first-order valence-electron chi connectivity index (χ1n) is 7.74. The molecular weight excluding hydrogens is 308 g/mol. The van der Waals surface area contributed by atoms with Gasteiger partial charge in [0.25, 0.3) is 5.91 Å². The Morgan fingerprint density at radius 1 is 1.21 bits per heavy atom. The van der Waals surface area contributed by atoms with Gasteiger partial charge in [-0.3, -0.25) is 14.6 Å². The van der Waals surface area contributed by atoms with Gasteiger partial charge in [0.15, 0.2) is 0 Å². The summed E-state index contributed by atoms with van der Waals surface area (Å²) >= 11 is 0. The molecule has 6 heteroatoms. The van der Waals surface area contributed by atoms with Gasteiger partial charge in [-0.05, 0) is 31.6 Å². The molecule has 2 aliphatic rings. The largest absolute Gasteiger partial charge is 0.464 e. The molecule has 1 aromatic carbocycles. The summed E-state index contributed by atoms with van der Waals surface area (Å²) in [5.74, 6) is -1.32. The van der Waals surface area contributed by atoms with E-state index >= 15 is 0 Å². The Hall–Kier alpha value is -2.89. The van der Waals surface area contributed by atoms with Crippen molar-refractivity contribution < 1.29 is 19.1 Å². The molecule has 1 atom stereocenters. The lowest BCUT2D eigenvalue weighted by Gasteiger charge is -2.30. The summed E-state index contributed by atoms with van der Waals surface area (Å²) in [5, 5.41) is 0. The number of amides is 3. The van der Waals surface area contributed by atoms with Crippen LogP contribution in [-0.2, 0) is 20.9 Å². The zero-order valence-electron chi connectivity index (χ0n) is 13.6. The summed E-state index contributed by atoms with van der Waals surface area (Å²) in [5.41, 5.74) is -0.203. The van der Waals surface area contributed by atoms with Crippen LogP contribution in [0.2, 0.25) is 0 Å². The summed E-state index contributed by atoms with van der Waals surface area (Å²) in [6.07, 6.45) is 4.66. The van der Waals surface area contributed by atoms with E-state index in [-0.39, 0.29) is 13.2 Å². The van der Waals surface area contributed by atoms with Crippen LogP contribution in [0.5, 0.6) is 0 Å². The molecule has 3 rings (SSSR count). The molecule has 0 N–H and O–H groups in total. The standard InChI is InChI=1S/C18H18N2O4/c1-3-24-16(22)18-11-13(2)9-10-20(18)17(23)19(15(18)21)12-14-7-5-4-6-8-14/h4-11H,3,12H2,1-2H3. The first-order valence-corrected chi connectivity index (χ1v) is 7.74. The zero-order chi connectivity index (χ0) is 17.3. The summed E-state index contributed by atoms with van der Waals surface area (Å²) in [6, 6.07) is 8.64. The minimum atomic E-state index is -1.74. The number of esters is 1. The van der Waals surface area contributed by atoms with E-state index in [0.29, 0.717) is 0 Å². The van der Waals surface area contributed by atoms with Gasteiger partial charge in [0.2, 0.25) is 5.54 Å². The zero-order valence-corrected chi connectivity index (χ0v) is 13.6. The van der Waals surface area contributed by atoms with Crippen LogP contribution in [0, 0.1) is 0 Å². The van der Waals surface area contributed by atoms with Crippen molar-refractivity contribution in [3.05, 3.63) is 59.8 Å². The molecule has 24 heavy (non-hydrogen) atoms. The lowest BCUT2D eigenvalue weighted by molar-refractivity contribution is -0.156. The van der Waals surface area contributed by atoms with Gasteiger partial charge >= 0.3 is 12.0 Å². The van der Waals surface area contributed by atoms with E-state index in [2.05, 4.69) is 0 Å². The Bertz CT molecular complexity index is 754. The van der Waals surface area contributed by atoms with Crippen molar-refractivity contribution in [2.75, 3.05) is 6.61 Å². The average molecular weight is 326 g/mol. The van der Waals surface area contributed by atoms with E-state index < -0.39 is 23.4 Å². The normalized spacial score (nSPS) is 22.5. The molecule has 0 radical (unpaired) electrons. The minimum absolute atomic E-state index is 0.108. The number of imide groups is 1. The SMILES string of the molecule is CCOC(=O)C12C=C(C)C=CN1C(=O)N(Cc1ccccc1)C2=O. The highest BCUT2D eigenvalue weighted by atomic mass is 16.5. The van der Waals surface area contributed by atoms with Crippen LogP contribution in [0.4, 0.5) is 4.79 Å². The molecule has 2 heterocycles. The van der Waals surface area contributed by atoms with E-state index in [1.54, 1.807) is 19.9 Å². The molecular formula is C18H18N2O4. The van der Waals surface area contributed by atoms with Crippen LogP contribution in [-0.4, -0.2) is 39.9 Å². The van der Waals surface area contributed by atoms with Crippen molar-refractivity contribution in [3.63, 3.8) is 0 Å². The van der Waals surface area contributed by atoms with Gasteiger partial charge in [0.1, 0.15) is 0 Å². The molecule has 1 unspecified atom stereocenters. The lowest BCUT2D eigenvalue weighted by Crippen LogP contribution is -2.54. The van der Waals surface area contributed by atoms with Crippen LogP contribution in [0.25, 0.3) is 0 Å². The molecule has 1 aromatic rings. The fourth-order valence-corrected chi connectivity index (χ4v) is 2.95. The summed E-state index contributed by atoms with van der Waals surface area (Å²) in [4.78, 5) is 40.5. The molecule has 0 aliphatic carbocycles. The highest BCUT2D eigenvalue weighted by Gasteiger charge is 2.62. The molecule has 1 fully saturated rings. The number of fused-ring (bicyclic) bond motifs is 1. The predicted molar refractivity (Wildman–Crippen MR) is 86.5 cm³/mol. The van der Waals surface area contributed by atoms with Crippen molar-refractivity contribution in [2.45, 2.75) is 25.9 Å². The molecule has 2 aliphatic heterocycles. The Morgan fingerprint density at radius 3 is 2.58 bits per heavy atom. The van der Waals surface area contributed by atoms with Crippen molar-refractivity contribution in [1.29, 1.82) is 0 Å². The van der Waals surface area contributed by atoms with E-state index in [1.807, 2.05) is 30.3 Å². The van der Waals surface area contributed by atoms with E-state index in [0.717, 1.165) is 20.9 Å². The maximum atomic E-state index is 13.0. The number of hydrogen-bond donors (Lipinski definition) is 0. The number of benzene rings is 1. The van der Waals surface area contributed by atoms with Crippen LogP contribution in [0.15, 0.2) is 54.3 Å². The molecule has 0 aromatic heterocycles. The monoisotopic (exact) mass is 326 g/mol. The minimum Gasteiger partial charge on any atom is -0.464 e. The molecule has 124 valence electrons. The van der Waals surface area contributed by atoms with Crippen LogP contribution >= 0.6 is 0 Å². The number of urea groups is 1. The molecule has 0 bridgehead atoms. The van der Waals surface area contributed by atoms with Gasteiger partial charge in [-0.1, -0.05) is 35.9 Å². The lowest BCUT2D eigenvalue weighted by atomic mass is 9.92. The summed E-state index contributed by atoms with van der Waals surface area (Å²) in [7, 11) is 0. The Labute approximate surface area is 140 Å². The topological polar surface area (TPSA) is 66.9 Å². The number of carbonyl (C=O) groups excluding carboxylic acids is 3. The van der Waals surface area contributed by atoms with Crippen molar-refractivity contribution in [2.24, 2.45) is 0 Å². The van der Waals surface area contributed by atoms with Crippen LogP contribution in [0.1, 0.15) is 19.4 Å². The fourth-order valence-electron chi connectivity index (χ4n) is 2.95. The molecule has 1 saturated heterocycles. The third-order valence-electron chi connectivity index (χ3n) is 4.08. The second kappa shape index (κ2) is 5.96. The second-order valence-electron chi connectivity index (χ2n) is 5.72. The maximum Gasteiger partial charge on any atom is 0.346 e. The van der Waals surface area contributed by atoms with Gasteiger partial charge in [-0.2, -0.15) is 0 Å². The Morgan fingerprint density at radius 2 is 1.92 bits per heavy atom. The van der Waals surface area contributed by atoms with Crippen LogP contribution < -0.4 is 0 Å². The predicted octanol–water partition coefficient (Wildman–Crippen LogP) is 2.23. The highest BCUT2D eigenvalue weighted by Crippen LogP contribution is 2.36. The summed E-state index contributed by atoms with van der Waals surface area (Å²) < 4.78 is 5.09. The highest BCUT2D eigenvalue weighted by molar-refractivity contribution is 6.21. The quantitative estimate of drug-likeness (QED) is 0.483. The fraction of sp³-hybridized carbons (Fsp3) is 0.278. The smallest absolute Gasteiger partial charge is 0.346 e. The van der Waals surface area contributed by atoms with E-state index in [9.17, 15) is 14.4 Å². The van der Waals surface area contributed by atoms with Gasteiger partial charge in [-0.15, -0.1) is 0 Å². The van der Waals surface area contributed by atoms with Gasteiger partial charge in [-0.25, -0.2) is 9.59 Å².